The predicted molar refractivity (Wildman–Crippen MR) is 107 cm³/mol. The van der Waals surface area contributed by atoms with Gasteiger partial charge in [-0.2, -0.15) is 5.10 Å². The van der Waals surface area contributed by atoms with Gasteiger partial charge in [-0.1, -0.05) is 24.3 Å². The third-order valence-electron chi connectivity index (χ3n) is 5.10. The summed E-state index contributed by atoms with van der Waals surface area (Å²) in [5, 5.41) is 6.89. The molecule has 0 fully saturated rings. The Morgan fingerprint density at radius 2 is 2.00 bits per heavy atom. The molecular formula is C21H21N5O3. The van der Waals surface area contributed by atoms with Gasteiger partial charge >= 0.3 is 0 Å². The average Bonchev–Trinajstić information content (AvgIpc) is 3.28. The smallest absolute Gasteiger partial charge is 0.266 e. The first-order valence-electron chi connectivity index (χ1n) is 9.30. The number of carbonyl (C=O) groups excluding carboxylic acids is 2. The van der Waals surface area contributed by atoms with Crippen molar-refractivity contribution in [1.82, 2.24) is 19.7 Å². The van der Waals surface area contributed by atoms with Crippen molar-refractivity contribution in [1.29, 1.82) is 0 Å². The molecular weight excluding hydrogens is 370 g/mol. The van der Waals surface area contributed by atoms with Crippen LogP contribution in [0.15, 0.2) is 61.2 Å². The summed E-state index contributed by atoms with van der Waals surface area (Å²) in [6.07, 6.45) is 2.23. The number of hydrogen-bond donors (Lipinski definition) is 1. The van der Waals surface area contributed by atoms with Crippen molar-refractivity contribution in [3.8, 4) is 11.4 Å². The molecule has 0 bridgehead atoms. The molecule has 0 unspecified atom stereocenters. The Balaban J connectivity index is 1.42. The Labute approximate surface area is 168 Å². The fourth-order valence-electron chi connectivity index (χ4n) is 3.22. The molecule has 4 rings (SSSR count). The van der Waals surface area contributed by atoms with Crippen LogP contribution in [0, 0.1) is 0 Å². The van der Waals surface area contributed by atoms with Crippen LogP contribution in [0.25, 0.3) is 5.69 Å². The summed E-state index contributed by atoms with van der Waals surface area (Å²) in [5.74, 6) is 0.0944. The van der Waals surface area contributed by atoms with E-state index in [0.717, 1.165) is 11.3 Å². The molecule has 2 amide bonds. The summed E-state index contributed by atoms with van der Waals surface area (Å²) in [5.41, 5.74) is 2.48. The number of hydrogen-bond acceptors (Lipinski definition) is 5. The average molecular weight is 391 g/mol. The minimum atomic E-state index is -0.846. The van der Waals surface area contributed by atoms with Crippen molar-refractivity contribution in [2.24, 2.45) is 0 Å². The summed E-state index contributed by atoms with van der Waals surface area (Å²) < 4.78 is 7.40. The van der Waals surface area contributed by atoms with Gasteiger partial charge in [-0.25, -0.2) is 9.67 Å². The molecule has 0 spiro atoms. The van der Waals surface area contributed by atoms with E-state index in [1.54, 1.807) is 35.1 Å². The number of para-hydroxylation sites is 2. The van der Waals surface area contributed by atoms with Crippen LogP contribution in [-0.2, 0) is 9.59 Å². The van der Waals surface area contributed by atoms with E-state index in [1.165, 1.54) is 6.33 Å². The summed E-state index contributed by atoms with van der Waals surface area (Å²) in [4.78, 5) is 30.6. The van der Waals surface area contributed by atoms with Crippen LogP contribution >= 0.6 is 0 Å². The van der Waals surface area contributed by atoms with Gasteiger partial charge in [0.1, 0.15) is 18.4 Å². The highest BCUT2D eigenvalue weighted by Gasteiger charge is 2.31. The van der Waals surface area contributed by atoms with E-state index in [-0.39, 0.29) is 24.3 Å². The van der Waals surface area contributed by atoms with Gasteiger partial charge in [0, 0.05) is 7.05 Å². The topological polar surface area (TPSA) is 89.3 Å². The number of nitrogens with one attached hydrogen (secondary N) is 1. The molecule has 0 radical (unpaired) electrons. The lowest BCUT2D eigenvalue weighted by Crippen LogP contribution is -2.41. The van der Waals surface area contributed by atoms with Crippen LogP contribution in [0.1, 0.15) is 24.9 Å². The van der Waals surface area contributed by atoms with Gasteiger partial charge in [0.25, 0.3) is 5.91 Å². The van der Waals surface area contributed by atoms with Crippen LogP contribution < -0.4 is 10.1 Å². The summed E-state index contributed by atoms with van der Waals surface area (Å²) in [6.45, 7) is 1.94. The van der Waals surface area contributed by atoms with Gasteiger partial charge in [-0.15, -0.1) is 0 Å². The van der Waals surface area contributed by atoms with Gasteiger partial charge in [0.15, 0.2) is 6.10 Å². The molecule has 2 heterocycles. The third kappa shape index (κ3) is 3.82. The van der Waals surface area contributed by atoms with Crippen LogP contribution in [0.5, 0.6) is 5.75 Å². The van der Waals surface area contributed by atoms with E-state index in [4.69, 9.17) is 4.74 Å². The van der Waals surface area contributed by atoms with Crippen molar-refractivity contribution in [2.45, 2.75) is 25.5 Å². The second-order valence-electron chi connectivity index (χ2n) is 6.91. The maximum atomic E-state index is 12.8. The first-order chi connectivity index (χ1) is 14.0. The second-order valence-corrected chi connectivity index (χ2v) is 6.91. The summed E-state index contributed by atoms with van der Waals surface area (Å²) in [7, 11) is 1.73. The molecule has 0 saturated heterocycles. The Hall–Kier alpha value is -3.68. The number of nitrogens with zero attached hydrogens (tertiary/aromatic N) is 4. The quantitative estimate of drug-likeness (QED) is 0.722. The molecule has 1 N–H and O–H groups in total. The molecule has 1 aliphatic rings. The van der Waals surface area contributed by atoms with Crippen molar-refractivity contribution >= 4 is 17.5 Å². The maximum absolute atomic E-state index is 12.8. The van der Waals surface area contributed by atoms with Crippen molar-refractivity contribution in [2.75, 3.05) is 12.4 Å². The molecule has 29 heavy (non-hydrogen) atoms. The molecule has 8 nitrogen and oxygen atoms in total. The van der Waals surface area contributed by atoms with E-state index >= 15 is 0 Å². The van der Waals surface area contributed by atoms with Crippen LogP contribution in [0.2, 0.25) is 0 Å². The maximum Gasteiger partial charge on any atom is 0.266 e. The van der Waals surface area contributed by atoms with Crippen LogP contribution in [-0.4, -0.2) is 44.6 Å². The fourth-order valence-corrected chi connectivity index (χ4v) is 3.22. The van der Waals surface area contributed by atoms with E-state index in [9.17, 15) is 9.59 Å². The molecule has 0 saturated carbocycles. The zero-order chi connectivity index (χ0) is 20.4. The standard InChI is InChI=1S/C21H21N5O3/c1-14(15-7-9-16(10-8-15)26-13-22-12-23-26)25(2)20(27)11-19-21(28)24-17-5-3-4-6-18(17)29-19/h3-10,12-14,19H,11H2,1-2H3,(H,24,28)/t14-,19-/m1/s1. The molecule has 2 aromatic carbocycles. The third-order valence-corrected chi connectivity index (χ3v) is 5.10. The first-order valence-corrected chi connectivity index (χ1v) is 9.30. The SMILES string of the molecule is C[C@H](c1ccc(-n2cncn2)cc1)N(C)C(=O)C[C@H]1Oc2ccccc2NC1=O. The van der Waals surface area contributed by atoms with Crippen LogP contribution in [0.3, 0.4) is 0 Å². The number of carbonyl (C=O) groups is 2. The summed E-state index contributed by atoms with van der Waals surface area (Å²) >= 11 is 0. The van der Waals surface area contributed by atoms with Crippen molar-refractivity contribution in [3.05, 3.63) is 66.7 Å². The van der Waals surface area contributed by atoms with E-state index in [0.29, 0.717) is 11.4 Å². The molecule has 8 heteroatoms. The minimum Gasteiger partial charge on any atom is -0.478 e. The van der Waals surface area contributed by atoms with E-state index in [2.05, 4.69) is 15.4 Å². The summed E-state index contributed by atoms with van der Waals surface area (Å²) in [6, 6.07) is 14.8. The predicted octanol–water partition coefficient (Wildman–Crippen LogP) is 2.58. The van der Waals surface area contributed by atoms with Gasteiger partial charge in [0.05, 0.1) is 23.8 Å². The zero-order valence-electron chi connectivity index (χ0n) is 16.1. The Morgan fingerprint density at radius 3 is 2.72 bits per heavy atom. The number of rotatable bonds is 5. The Kier molecular flexibility index (Phi) is 4.99. The number of anilines is 1. The first kappa shape index (κ1) is 18.7. The largest absolute Gasteiger partial charge is 0.478 e. The van der Waals surface area contributed by atoms with Gasteiger partial charge in [0.2, 0.25) is 5.91 Å². The molecule has 148 valence electrons. The highest BCUT2D eigenvalue weighted by atomic mass is 16.5. The minimum absolute atomic E-state index is 0.0297. The van der Waals surface area contributed by atoms with E-state index in [1.807, 2.05) is 43.3 Å². The Morgan fingerprint density at radius 1 is 1.24 bits per heavy atom. The molecule has 1 aliphatic heterocycles. The zero-order valence-corrected chi connectivity index (χ0v) is 16.1. The van der Waals surface area contributed by atoms with Gasteiger partial charge in [-0.3, -0.25) is 9.59 Å². The van der Waals surface area contributed by atoms with Gasteiger partial charge in [-0.05, 0) is 36.8 Å². The van der Waals surface area contributed by atoms with E-state index < -0.39 is 6.10 Å². The number of amides is 2. The Bertz CT molecular complexity index is 1020. The monoisotopic (exact) mass is 391 g/mol. The molecule has 3 aromatic rings. The van der Waals surface area contributed by atoms with Crippen molar-refractivity contribution in [3.63, 3.8) is 0 Å². The molecule has 1 aromatic heterocycles. The second kappa shape index (κ2) is 7.75. The normalized spacial score (nSPS) is 16.3. The number of benzene rings is 2. The van der Waals surface area contributed by atoms with Crippen molar-refractivity contribution < 1.29 is 14.3 Å². The van der Waals surface area contributed by atoms with Gasteiger partial charge < -0.3 is 15.0 Å². The number of ether oxygens (including phenoxy) is 1. The highest BCUT2D eigenvalue weighted by Crippen LogP contribution is 2.30. The number of aromatic nitrogens is 3. The lowest BCUT2D eigenvalue weighted by molar-refractivity contribution is -0.137. The van der Waals surface area contributed by atoms with Crippen LogP contribution in [0.4, 0.5) is 5.69 Å². The molecule has 2 atom stereocenters. The number of fused-ring (bicyclic) bond motifs is 1. The lowest BCUT2D eigenvalue weighted by Gasteiger charge is -2.29. The molecule has 0 aliphatic carbocycles. The highest BCUT2D eigenvalue weighted by molar-refractivity contribution is 5.99. The lowest BCUT2D eigenvalue weighted by atomic mass is 10.1. The fraction of sp³-hybridized carbons (Fsp3) is 0.238.